The lowest BCUT2D eigenvalue weighted by Crippen LogP contribution is -2.39. The molecule has 0 radical (unpaired) electrons. The number of ether oxygens (including phenoxy) is 5. The molecule has 2 aromatic rings. The van der Waals surface area contributed by atoms with Gasteiger partial charge in [-0.2, -0.15) is 0 Å². The Morgan fingerprint density at radius 3 is 2.11 bits per heavy atom. The van der Waals surface area contributed by atoms with Crippen molar-refractivity contribution >= 4 is 17.8 Å². The molecule has 1 unspecified atom stereocenters. The first-order valence-corrected chi connectivity index (χ1v) is 11.1. The van der Waals surface area contributed by atoms with Crippen LogP contribution in [-0.2, 0) is 14.3 Å². The Morgan fingerprint density at radius 1 is 0.829 bits per heavy atom. The minimum absolute atomic E-state index is 0.109. The number of benzene rings is 2. The monoisotopic (exact) mass is 488 g/mol. The number of amides is 2. The fourth-order valence-corrected chi connectivity index (χ4v) is 3.27. The molecule has 0 aliphatic carbocycles. The molecule has 0 saturated carbocycles. The molecule has 0 heterocycles. The second kappa shape index (κ2) is 13.7. The van der Waals surface area contributed by atoms with Crippen LogP contribution in [0.4, 0.5) is 0 Å². The van der Waals surface area contributed by atoms with Crippen LogP contribution in [0.1, 0.15) is 42.2 Å². The maximum Gasteiger partial charge on any atom is 0.307 e. The Hall–Kier alpha value is -3.95. The predicted octanol–water partition coefficient (Wildman–Crippen LogP) is 2.65. The highest BCUT2D eigenvalue weighted by atomic mass is 16.5. The van der Waals surface area contributed by atoms with Crippen LogP contribution >= 0.6 is 0 Å². The molecule has 2 aromatic carbocycles. The maximum atomic E-state index is 12.6. The van der Waals surface area contributed by atoms with Gasteiger partial charge in [-0.25, -0.2) is 0 Å². The zero-order valence-electron chi connectivity index (χ0n) is 20.6. The average molecular weight is 489 g/mol. The van der Waals surface area contributed by atoms with Crippen LogP contribution in [0.3, 0.4) is 0 Å². The van der Waals surface area contributed by atoms with Crippen LogP contribution in [0.5, 0.6) is 23.0 Å². The summed E-state index contributed by atoms with van der Waals surface area (Å²) in [7, 11) is 4.27. The van der Waals surface area contributed by atoms with Crippen molar-refractivity contribution in [2.24, 2.45) is 0 Å². The molecule has 1 atom stereocenters. The third-order valence-corrected chi connectivity index (χ3v) is 4.96. The van der Waals surface area contributed by atoms with Gasteiger partial charge in [0.05, 0.1) is 53.6 Å². The van der Waals surface area contributed by atoms with E-state index >= 15 is 0 Å². The van der Waals surface area contributed by atoms with Crippen LogP contribution in [0.15, 0.2) is 36.4 Å². The average Bonchev–Trinajstić information content (AvgIpc) is 2.87. The van der Waals surface area contributed by atoms with Crippen LogP contribution < -0.4 is 29.6 Å². The van der Waals surface area contributed by atoms with Crippen molar-refractivity contribution in [1.29, 1.82) is 0 Å². The second-order valence-corrected chi connectivity index (χ2v) is 7.22. The standard InChI is InChI=1S/C25H32N2O8/c1-6-34-20-11-9-17(13-22(20)35-7-2)25(30)26-15-23(28)27-18(14-24(29)33-5)16-8-10-19(31-3)21(12-16)32-4/h8-13,18H,6-7,14-15H2,1-5H3,(H,26,30)(H,27,28). The zero-order valence-corrected chi connectivity index (χ0v) is 20.6. The summed E-state index contributed by atoms with van der Waals surface area (Å²) in [5.74, 6) is 0.475. The largest absolute Gasteiger partial charge is 0.493 e. The minimum Gasteiger partial charge on any atom is -0.493 e. The van der Waals surface area contributed by atoms with Gasteiger partial charge in [0.2, 0.25) is 5.91 Å². The van der Waals surface area contributed by atoms with Crippen molar-refractivity contribution in [2.75, 3.05) is 41.1 Å². The third kappa shape index (κ3) is 7.80. The summed E-state index contributed by atoms with van der Waals surface area (Å²) in [4.78, 5) is 37.2. The van der Waals surface area contributed by atoms with E-state index in [0.29, 0.717) is 47.3 Å². The molecule has 2 rings (SSSR count). The van der Waals surface area contributed by atoms with E-state index in [0.717, 1.165) is 0 Å². The van der Waals surface area contributed by atoms with Crippen LogP contribution in [0.2, 0.25) is 0 Å². The summed E-state index contributed by atoms with van der Waals surface area (Å²) in [5, 5.41) is 5.33. The van der Waals surface area contributed by atoms with E-state index in [1.54, 1.807) is 36.4 Å². The van der Waals surface area contributed by atoms with Gasteiger partial charge in [-0.05, 0) is 49.7 Å². The molecule has 0 fully saturated rings. The van der Waals surface area contributed by atoms with Gasteiger partial charge in [0, 0.05) is 5.56 Å². The lowest BCUT2D eigenvalue weighted by atomic mass is 10.0. The lowest BCUT2D eigenvalue weighted by Gasteiger charge is -2.20. The van der Waals surface area contributed by atoms with Crippen molar-refractivity contribution in [2.45, 2.75) is 26.3 Å². The predicted molar refractivity (Wildman–Crippen MR) is 128 cm³/mol. The highest BCUT2D eigenvalue weighted by Crippen LogP contribution is 2.31. The summed E-state index contributed by atoms with van der Waals surface area (Å²) in [6, 6.07) is 9.14. The summed E-state index contributed by atoms with van der Waals surface area (Å²) in [6.07, 6.45) is -0.109. The van der Waals surface area contributed by atoms with Crippen LogP contribution in [0.25, 0.3) is 0 Å². The summed E-state index contributed by atoms with van der Waals surface area (Å²) in [5.41, 5.74) is 0.927. The smallest absolute Gasteiger partial charge is 0.307 e. The summed E-state index contributed by atoms with van der Waals surface area (Å²) < 4.78 is 26.4. The molecule has 2 N–H and O–H groups in total. The topological polar surface area (TPSA) is 121 Å². The van der Waals surface area contributed by atoms with E-state index in [1.165, 1.54) is 21.3 Å². The van der Waals surface area contributed by atoms with Crippen molar-refractivity contribution in [3.05, 3.63) is 47.5 Å². The highest BCUT2D eigenvalue weighted by Gasteiger charge is 2.21. The fourth-order valence-electron chi connectivity index (χ4n) is 3.27. The highest BCUT2D eigenvalue weighted by molar-refractivity contribution is 5.97. The first-order chi connectivity index (χ1) is 16.9. The lowest BCUT2D eigenvalue weighted by molar-refractivity contribution is -0.141. The molecule has 10 nitrogen and oxygen atoms in total. The van der Waals surface area contributed by atoms with Gasteiger partial charge < -0.3 is 34.3 Å². The number of carbonyl (C=O) groups excluding carboxylic acids is 3. The number of carbonyl (C=O) groups is 3. The Kier molecular flexibility index (Phi) is 10.7. The maximum absolute atomic E-state index is 12.6. The first kappa shape index (κ1) is 27.3. The van der Waals surface area contributed by atoms with Crippen molar-refractivity contribution < 1.29 is 38.1 Å². The van der Waals surface area contributed by atoms with E-state index in [4.69, 9.17) is 23.7 Å². The van der Waals surface area contributed by atoms with E-state index < -0.39 is 23.8 Å². The van der Waals surface area contributed by atoms with Crippen molar-refractivity contribution in [3.63, 3.8) is 0 Å². The zero-order chi connectivity index (χ0) is 25.8. The van der Waals surface area contributed by atoms with E-state index in [-0.39, 0.29) is 13.0 Å². The molecule has 0 aliphatic rings. The number of hydrogen-bond acceptors (Lipinski definition) is 8. The molecule has 0 aromatic heterocycles. The van der Waals surface area contributed by atoms with Crippen molar-refractivity contribution in [1.82, 2.24) is 10.6 Å². The summed E-state index contributed by atoms with van der Waals surface area (Å²) >= 11 is 0. The van der Waals surface area contributed by atoms with E-state index in [2.05, 4.69) is 10.6 Å². The van der Waals surface area contributed by atoms with Gasteiger partial charge in [-0.15, -0.1) is 0 Å². The number of rotatable bonds is 13. The van der Waals surface area contributed by atoms with Crippen LogP contribution in [-0.4, -0.2) is 58.9 Å². The third-order valence-electron chi connectivity index (χ3n) is 4.96. The normalized spacial score (nSPS) is 11.1. The minimum atomic E-state index is -0.707. The van der Waals surface area contributed by atoms with Gasteiger partial charge in [0.15, 0.2) is 23.0 Å². The van der Waals surface area contributed by atoms with E-state index in [9.17, 15) is 14.4 Å². The number of esters is 1. The molecule has 190 valence electrons. The molecule has 2 amide bonds. The number of nitrogens with one attached hydrogen (secondary N) is 2. The first-order valence-electron chi connectivity index (χ1n) is 11.1. The Labute approximate surface area is 204 Å². The van der Waals surface area contributed by atoms with Gasteiger partial charge >= 0.3 is 5.97 Å². The number of hydrogen-bond donors (Lipinski definition) is 2. The van der Waals surface area contributed by atoms with Gasteiger partial charge in [0.25, 0.3) is 5.91 Å². The van der Waals surface area contributed by atoms with Gasteiger partial charge in [0.1, 0.15) is 0 Å². The molecule has 35 heavy (non-hydrogen) atoms. The van der Waals surface area contributed by atoms with E-state index in [1.807, 2.05) is 13.8 Å². The molecule has 0 aliphatic heterocycles. The van der Waals surface area contributed by atoms with Gasteiger partial charge in [-0.1, -0.05) is 6.07 Å². The molecule has 0 bridgehead atoms. The Bertz CT molecular complexity index is 1020. The quantitative estimate of drug-likeness (QED) is 0.413. The number of methoxy groups -OCH3 is 3. The fraction of sp³-hybridized carbons (Fsp3) is 0.400. The Morgan fingerprint density at radius 2 is 1.49 bits per heavy atom. The van der Waals surface area contributed by atoms with Crippen LogP contribution in [0, 0.1) is 0 Å². The van der Waals surface area contributed by atoms with Gasteiger partial charge in [-0.3, -0.25) is 14.4 Å². The molecule has 0 saturated heterocycles. The SMILES string of the molecule is CCOc1ccc(C(=O)NCC(=O)NC(CC(=O)OC)c2ccc(OC)c(OC)c2)cc1OCC. The Balaban J connectivity index is 2.10. The van der Waals surface area contributed by atoms with Crippen molar-refractivity contribution in [3.8, 4) is 23.0 Å². The molecule has 0 spiro atoms. The molecular formula is C25H32N2O8. The summed E-state index contributed by atoms with van der Waals surface area (Å²) in [6.45, 7) is 4.24. The molecular weight excluding hydrogens is 456 g/mol. The molecule has 10 heteroatoms. The second-order valence-electron chi connectivity index (χ2n) is 7.22.